The highest BCUT2D eigenvalue weighted by Crippen LogP contribution is 2.24. The van der Waals surface area contributed by atoms with Gasteiger partial charge in [0.25, 0.3) is 5.91 Å². The van der Waals surface area contributed by atoms with Crippen molar-refractivity contribution >= 4 is 5.91 Å². The van der Waals surface area contributed by atoms with E-state index in [-0.39, 0.29) is 5.91 Å². The lowest BCUT2D eigenvalue weighted by atomic mass is 10.0. The van der Waals surface area contributed by atoms with Gasteiger partial charge in [-0.25, -0.2) is 9.97 Å². The number of likely N-dealkylation sites (tertiary alicyclic amines) is 1. The van der Waals surface area contributed by atoms with E-state index in [1.54, 1.807) is 12.4 Å². The molecule has 0 bridgehead atoms. The molecule has 1 atom stereocenters. The Morgan fingerprint density at radius 1 is 1.21 bits per heavy atom. The predicted octanol–water partition coefficient (Wildman–Crippen LogP) is 3.02. The summed E-state index contributed by atoms with van der Waals surface area (Å²) in [6.07, 6.45) is 10.7. The third-order valence-corrected chi connectivity index (χ3v) is 4.48. The Morgan fingerprint density at radius 2 is 2.08 bits per heavy atom. The maximum absolute atomic E-state index is 12.8. The summed E-state index contributed by atoms with van der Waals surface area (Å²) in [6, 6.07) is 7.79. The first kappa shape index (κ1) is 14.7. The van der Waals surface area contributed by atoms with E-state index in [0.717, 1.165) is 31.5 Å². The van der Waals surface area contributed by atoms with Crippen molar-refractivity contribution in [3.05, 3.63) is 61.1 Å². The maximum atomic E-state index is 12.8. The van der Waals surface area contributed by atoms with Crippen LogP contribution in [0.4, 0.5) is 0 Å². The quantitative estimate of drug-likeness (QED) is 0.743. The molecule has 3 aromatic rings. The van der Waals surface area contributed by atoms with Crippen LogP contribution in [0.5, 0.6) is 0 Å². The molecule has 1 aromatic carbocycles. The van der Waals surface area contributed by atoms with Crippen LogP contribution >= 0.6 is 0 Å². The summed E-state index contributed by atoms with van der Waals surface area (Å²) in [6.45, 7) is 1.52. The highest BCUT2D eigenvalue weighted by molar-refractivity contribution is 5.94. The lowest BCUT2D eigenvalue weighted by Crippen LogP contribution is -2.40. The van der Waals surface area contributed by atoms with Gasteiger partial charge in [-0.1, -0.05) is 12.1 Å². The van der Waals surface area contributed by atoms with Crippen molar-refractivity contribution in [2.75, 3.05) is 13.1 Å². The first-order chi connectivity index (χ1) is 11.8. The molecule has 6 heteroatoms. The first-order valence-electron chi connectivity index (χ1n) is 8.07. The van der Waals surface area contributed by atoms with Gasteiger partial charge < -0.3 is 13.9 Å². The highest BCUT2D eigenvalue weighted by atomic mass is 16.3. The largest absolute Gasteiger partial charge is 0.444 e. The zero-order valence-electron chi connectivity index (χ0n) is 13.2. The molecule has 6 nitrogen and oxygen atoms in total. The van der Waals surface area contributed by atoms with Crippen LogP contribution in [0, 0.1) is 0 Å². The molecule has 0 aliphatic carbocycles. The lowest BCUT2D eigenvalue weighted by Gasteiger charge is -2.33. The SMILES string of the molecule is O=C(c1ccc(-c2cnco2)cc1)N1CCCC(n2ccnc2)C1. The van der Waals surface area contributed by atoms with Crippen molar-refractivity contribution < 1.29 is 9.21 Å². The molecule has 1 aliphatic rings. The van der Waals surface area contributed by atoms with Crippen LogP contribution in [-0.2, 0) is 0 Å². The van der Waals surface area contributed by atoms with Crippen LogP contribution in [0.3, 0.4) is 0 Å². The van der Waals surface area contributed by atoms with E-state index in [1.807, 2.05) is 41.7 Å². The number of imidazole rings is 1. The number of nitrogens with zero attached hydrogens (tertiary/aromatic N) is 4. The average Bonchev–Trinajstić information content (AvgIpc) is 3.35. The molecule has 1 unspecified atom stereocenters. The van der Waals surface area contributed by atoms with Crippen molar-refractivity contribution in [3.8, 4) is 11.3 Å². The number of rotatable bonds is 3. The number of hydrogen-bond acceptors (Lipinski definition) is 4. The highest BCUT2D eigenvalue weighted by Gasteiger charge is 2.25. The van der Waals surface area contributed by atoms with Gasteiger partial charge in [-0.05, 0) is 25.0 Å². The van der Waals surface area contributed by atoms with Crippen LogP contribution in [0.15, 0.2) is 60.0 Å². The Kier molecular flexibility index (Phi) is 3.86. The van der Waals surface area contributed by atoms with Gasteiger partial charge >= 0.3 is 0 Å². The second-order valence-corrected chi connectivity index (χ2v) is 6.00. The molecule has 1 amide bonds. The van der Waals surface area contributed by atoms with Crippen LogP contribution in [0.2, 0.25) is 0 Å². The number of hydrogen-bond donors (Lipinski definition) is 0. The van der Waals surface area contributed by atoms with Crippen LogP contribution < -0.4 is 0 Å². The minimum atomic E-state index is 0.0731. The number of carbonyl (C=O) groups is 1. The summed E-state index contributed by atoms with van der Waals surface area (Å²) in [4.78, 5) is 22.7. The molecule has 0 saturated carbocycles. The molecule has 122 valence electrons. The molecule has 4 rings (SSSR count). The van der Waals surface area contributed by atoms with E-state index in [0.29, 0.717) is 17.4 Å². The molecule has 0 radical (unpaired) electrons. The predicted molar refractivity (Wildman–Crippen MR) is 88.3 cm³/mol. The molecule has 1 fully saturated rings. The Morgan fingerprint density at radius 3 is 2.79 bits per heavy atom. The van der Waals surface area contributed by atoms with Gasteiger partial charge in [-0.15, -0.1) is 0 Å². The molecule has 2 aromatic heterocycles. The van der Waals surface area contributed by atoms with Gasteiger partial charge in [0.1, 0.15) is 0 Å². The molecule has 0 spiro atoms. The van der Waals surface area contributed by atoms with E-state index < -0.39 is 0 Å². The maximum Gasteiger partial charge on any atom is 0.253 e. The number of carbonyl (C=O) groups excluding carboxylic acids is 1. The minimum absolute atomic E-state index is 0.0731. The second kappa shape index (κ2) is 6.31. The second-order valence-electron chi connectivity index (χ2n) is 6.00. The normalized spacial score (nSPS) is 17.8. The number of amides is 1. The zero-order chi connectivity index (χ0) is 16.4. The number of aromatic nitrogens is 3. The van der Waals surface area contributed by atoms with Gasteiger partial charge in [0.2, 0.25) is 0 Å². The lowest BCUT2D eigenvalue weighted by molar-refractivity contribution is 0.0679. The molecule has 0 N–H and O–H groups in total. The summed E-state index contributed by atoms with van der Waals surface area (Å²) in [5.41, 5.74) is 1.61. The fourth-order valence-corrected chi connectivity index (χ4v) is 3.19. The van der Waals surface area contributed by atoms with Gasteiger partial charge in [0, 0.05) is 36.6 Å². The Bertz CT molecular complexity index is 794. The number of benzene rings is 1. The van der Waals surface area contributed by atoms with E-state index in [1.165, 1.54) is 6.39 Å². The van der Waals surface area contributed by atoms with Crippen molar-refractivity contribution in [1.29, 1.82) is 0 Å². The van der Waals surface area contributed by atoms with Crippen LogP contribution in [-0.4, -0.2) is 38.4 Å². The summed E-state index contributed by atoms with van der Waals surface area (Å²) in [5.74, 6) is 0.774. The zero-order valence-corrected chi connectivity index (χ0v) is 13.2. The average molecular weight is 322 g/mol. The Labute approximate surface area is 139 Å². The van der Waals surface area contributed by atoms with Gasteiger partial charge in [-0.2, -0.15) is 0 Å². The Balaban J connectivity index is 1.49. The van der Waals surface area contributed by atoms with Gasteiger partial charge in [0.15, 0.2) is 12.2 Å². The molecular weight excluding hydrogens is 304 g/mol. The fourth-order valence-electron chi connectivity index (χ4n) is 3.19. The van der Waals surface area contributed by atoms with Crippen molar-refractivity contribution in [2.45, 2.75) is 18.9 Å². The van der Waals surface area contributed by atoms with E-state index >= 15 is 0 Å². The third kappa shape index (κ3) is 2.82. The molecule has 1 aliphatic heterocycles. The summed E-state index contributed by atoms with van der Waals surface area (Å²) in [7, 11) is 0. The van der Waals surface area contributed by atoms with Gasteiger partial charge in [-0.3, -0.25) is 4.79 Å². The van der Waals surface area contributed by atoms with Crippen molar-refractivity contribution in [2.24, 2.45) is 0 Å². The smallest absolute Gasteiger partial charge is 0.253 e. The topological polar surface area (TPSA) is 64.2 Å². The number of oxazole rings is 1. The minimum Gasteiger partial charge on any atom is -0.444 e. The molecule has 1 saturated heterocycles. The molecular formula is C18H18N4O2. The first-order valence-corrected chi connectivity index (χ1v) is 8.07. The third-order valence-electron chi connectivity index (χ3n) is 4.48. The Hall–Kier alpha value is -2.89. The van der Waals surface area contributed by atoms with Crippen molar-refractivity contribution in [1.82, 2.24) is 19.4 Å². The summed E-state index contributed by atoms with van der Waals surface area (Å²) >= 11 is 0. The summed E-state index contributed by atoms with van der Waals surface area (Å²) in [5, 5.41) is 0. The standard InChI is InChI=1S/C18H18N4O2/c23-18(15-5-3-14(4-6-15)17-10-20-13-24-17)21-8-1-2-16(11-21)22-9-7-19-12-22/h3-7,9-10,12-13,16H,1-2,8,11H2. The molecule has 3 heterocycles. The van der Waals surface area contributed by atoms with Crippen molar-refractivity contribution in [3.63, 3.8) is 0 Å². The number of piperidine rings is 1. The fraction of sp³-hybridized carbons (Fsp3) is 0.278. The van der Waals surface area contributed by atoms with E-state index in [2.05, 4.69) is 14.5 Å². The van der Waals surface area contributed by atoms with Gasteiger partial charge in [0.05, 0.1) is 18.6 Å². The monoisotopic (exact) mass is 322 g/mol. The van der Waals surface area contributed by atoms with Crippen LogP contribution in [0.1, 0.15) is 29.2 Å². The summed E-state index contributed by atoms with van der Waals surface area (Å²) < 4.78 is 7.37. The van der Waals surface area contributed by atoms with E-state index in [4.69, 9.17) is 4.42 Å². The molecule has 24 heavy (non-hydrogen) atoms. The van der Waals surface area contributed by atoms with Crippen LogP contribution in [0.25, 0.3) is 11.3 Å². The van der Waals surface area contributed by atoms with E-state index in [9.17, 15) is 4.79 Å².